The summed E-state index contributed by atoms with van der Waals surface area (Å²) in [4.78, 5) is 13.7. The molecule has 0 fully saturated rings. The van der Waals surface area contributed by atoms with Gasteiger partial charge in [0.15, 0.2) is 11.5 Å². The summed E-state index contributed by atoms with van der Waals surface area (Å²) in [7, 11) is 0. The van der Waals surface area contributed by atoms with Crippen LogP contribution in [0.4, 0.5) is 5.69 Å². The number of fused-ring (bicyclic) bond motifs is 1. The molecule has 1 aliphatic heterocycles. The van der Waals surface area contributed by atoms with Gasteiger partial charge in [-0.2, -0.15) is 0 Å². The van der Waals surface area contributed by atoms with Gasteiger partial charge < -0.3 is 19.5 Å². The van der Waals surface area contributed by atoms with Gasteiger partial charge >= 0.3 is 0 Å². The third-order valence-corrected chi connectivity index (χ3v) is 5.42. The van der Waals surface area contributed by atoms with Gasteiger partial charge in [0, 0.05) is 32.2 Å². The molecule has 3 aromatic carbocycles. The maximum atomic E-state index is 11.3. The minimum Gasteiger partial charge on any atom is -0.488 e. The Balaban J connectivity index is 1.54. The highest BCUT2D eigenvalue weighted by Crippen LogP contribution is 2.31. The van der Waals surface area contributed by atoms with Crippen LogP contribution in [0.1, 0.15) is 44.4 Å². The maximum Gasteiger partial charge on any atom is 0.221 e. The fourth-order valence-electron chi connectivity index (χ4n) is 4.09. The van der Waals surface area contributed by atoms with Crippen molar-refractivity contribution in [2.45, 2.75) is 52.9 Å². The summed E-state index contributed by atoms with van der Waals surface area (Å²) in [6, 6.07) is 22.4. The molecule has 184 valence electrons. The molecule has 35 heavy (non-hydrogen) atoms. The Bertz CT molecular complexity index is 1150. The Morgan fingerprint density at radius 2 is 1.49 bits per heavy atom. The highest BCUT2D eigenvalue weighted by molar-refractivity contribution is 5.88. The molecular weight excluding hydrogens is 440 g/mol. The number of amides is 1. The van der Waals surface area contributed by atoms with E-state index in [0.29, 0.717) is 13.2 Å². The van der Waals surface area contributed by atoms with Crippen LogP contribution in [0, 0.1) is 0 Å². The maximum absolute atomic E-state index is 11.3. The number of nitrogens with zero attached hydrogens (tertiary/aromatic N) is 1. The van der Waals surface area contributed by atoms with Crippen LogP contribution in [0.15, 0.2) is 66.7 Å². The number of hydrogen-bond acceptors (Lipinski definition) is 5. The van der Waals surface area contributed by atoms with Crippen molar-refractivity contribution in [3.8, 4) is 17.2 Å². The zero-order valence-corrected chi connectivity index (χ0v) is 21.0. The molecular formula is C29H34N2O4. The van der Waals surface area contributed by atoms with E-state index in [9.17, 15) is 4.79 Å². The van der Waals surface area contributed by atoms with Gasteiger partial charge in [0.25, 0.3) is 0 Å². The van der Waals surface area contributed by atoms with Crippen LogP contribution < -0.4 is 19.5 Å². The van der Waals surface area contributed by atoms with E-state index in [1.54, 1.807) is 0 Å². The minimum atomic E-state index is -0.251. The summed E-state index contributed by atoms with van der Waals surface area (Å²) in [5.41, 5.74) is 4.05. The molecule has 0 spiro atoms. The van der Waals surface area contributed by atoms with Crippen molar-refractivity contribution in [2.75, 3.05) is 18.5 Å². The van der Waals surface area contributed by atoms with Gasteiger partial charge in [-0.15, -0.1) is 0 Å². The zero-order valence-electron chi connectivity index (χ0n) is 21.0. The Morgan fingerprint density at radius 1 is 0.857 bits per heavy atom. The van der Waals surface area contributed by atoms with Crippen molar-refractivity contribution in [1.82, 2.24) is 4.90 Å². The van der Waals surface area contributed by atoms with Gasteiger partial charge in [0.05, 0.1) is 0 Å². The van der Waals surface area contributed by atoms with Gasteiger partial charge in [0.1, 0.15) is 24.6 Å². The SMILES string of the molecule is CC(=O)Nc1ccc(CN(Cc2cccc(OC(C)(C)C)c2)Cc2ccc3c(c2)OCCO3)cc1. The van der Waals surface area contributed by atoms with E-state index in [4.69, 9.17) is 14.2 Å². The van der Waals surface area contributed by atoms with E-state index in [1.807, 2.05) is 30.3 Å². The van der Waals surface area contributed by atoms with Crippen molar-refractivity contribution >= 4 is 11.6 Å². The molecule has 4 rings (SSSR count). The van der Waals surface area contributed by atoms with E-state index in [1.165, 1.54) is 18.1 Å². The molecule has 1 aliphatic rings. The first kappa shape index (κ1) is 24.6. The highest BCUT2D eigenvalue weighted by Gasteiger charge is 2.16. The third-order valence-electron chi connectivity index (χ3n) is 5.42. The number of carbonyl (C=O) groups is 1. The second kappa shape index (κ2) is 10.8. The third kappa shape index (κ3) is 7.49. The lowest BCUT2D eigenvalue weighted by Crippen LogP contribution is -2.24. The number of rotatable bonds is 8. The fraction of sp³-hybridized carbons (Fsp3) is 0.345. The lowest BCUT2D eigenvalue weighted by atomic mass is 10.1. The van der Waals surface area contributed by atoms with E-state index in [0.717, 1.165) is 48.1 Å². The molecule has 0 saturated heterocycles. The first-order valence-electron chi connectivity index (χ1n) is 12.0. The van der Waals surface area contributed by atoms with Crippen molar-refractivity contribution in [2.24, 2.45) is 0 Å². The Morgan fingerprint density at radius 3 is 2.17 bits per heavy atom. The fourth-order valence-corrected chi connectivity index (χ4v) is 4.09. The molecule has 0 saturated carbocycles. The van der Waals surface area contributed by atoms with Gasteiger partial charge in [-0.3, -0.25) is 9.69 Å². The van der Waals surface area contributed by atoms with E-state index in [2.05, 4.69) is 67.4 Å². The molecule has 6 heteroatoms. The molecule has 0 aliphatic carbocycles. The minimum absolute atomic E-state index is 0.0738. The number of anilines is 1. The van der Waals surface area contributed by atoms with E-state index in [-0.39, 0.29) is 11.5 Å². The summed E-state index contributed by atoms with van der Waals surface area (Å²) in [5, 5.41) is 2.83. The van der Waals surface area contributed by atoms with Gasteiger partial charge in [-0.25, -0.2) is 0 Å². The Hall–Kier alpha value is -3.51. The normalized spacial score (nSPS) is 12.9. The molecule has 1 heterocycles. The standard InChI is InChI=1S/C29H34N2O4/c1-21(32)30-25-11-8-22(9-12-25)18-31(19-23-6-5-7-26(16-23)35-29(2,3)4)20-24-10-13-27-28(17-24)34-15-14-33-27/h5-13,16-17H,14-15,18-20H2,1-4H3,(H,30,32). The molecule has 1 N–H and O–H groups in total. The van der Waals surface area contributed by atoms with Gasteiger partial charge in [0.2, 0.25) is 5.91 Å². The van der Waals surface area contributed by atoms with Crippen LogP contribution in [0.25, 0.3) is 0 Å². The molecule has 1 amide bonds. The topological polar surface area (TPSA) is 60.0 Å². The number of benzene rings is 3. The molecule has 0 aromatic heterocycles. The van der Waals surface area contributed by atoms with Crippen LogP contribution in [0.2, 0.25) is 0 Å². The second-order valence-corrected chi connectivity index (χ2v) is 9.86. The molecule has 0 bridgehead atoms. The number of nitrogens with one attached hydrogen (secondary N) is 1. The first-order chi connectivity index (χ1) is 16.7. The summed E-state index contributed by atoms with van der Waals surface area (Å²) in [6.45, 7) is 11.1. The van der Waals surface area contributed by atoms with Gasteiger partial charge in [-0.1, -0.05) is 30.3 Å². The quantitative estimate of drug-likeness (QED) is 0.447. The van der Waals surface area contributed by atoms with Crippen molar-refractivity contribution in [3.05, 3.63) is 83.4 Å². The predicted molar refractivity (Wildman–Crippen MR) is 138 cm³/mol. The summed E-state index contributed by atoms with van der Waals surface area (Å²) in [5.74, 6) is 2.39. The van der Waals surface area contributed by atoms with Crippen molar-refractivity contribution in [3.63, 3.8) is 0 Å². The lowest BCUT2D eigenvalue weighted by molar-refractivity contribution is -0.114. The average Bonchev–Trinajstić information content (AvgIpc) is 2.79. The molecule has 0 unspecified atom stereocenters. The largest absolute Gasteiger partial charge is 0.488 e. The number of carbonyl (C=O) groups excluding carboxylic acids is 1. The molecule has 6 nitrogen and oxygen atoms in total. The van der Waals surface area contributed by atoms with Crippen LogP contribution >= 0.6 is 0 Å². The monoisotopic (exact) mass is 474 g/mol. The number of ether oxygens (including phenoxy) is 3. The Kier molecular flexibility index (Phi) is 7.61. The Labute approximate surface area is 207 Å². The van der Waals surface area contributed by atoms with Crippen LogP contribution in [-0.4, -0.2) is 29.6 Å². The van der Waals surface area contributed by atoms with Crippen LogP contribution in [-0.2, 0) is 24.4 Å². The summed E-state index contributed by atoms with van der Waals surface area (Å²) < 4.78 is 17.6. The molecule has 0 atom stereocenters. The highest BCUT2D eigenvalue weighted by atomic mass is 16.6. The zero-order chi connectivity index (χ0) is 24.8. The van der Waals surface area contributed by atoms with Crippen molar-refractivity contribution in [1.29, 1.82) is 0 Å². The number of hydrogen-bond donors (Lipinski definition) is 1. The molecule has 3 aromatic rings. The smallest absolute Gasteiger partial charge is 0.221 e. The predicted octanol–water partition coefficient (Wildman–Crippen LogP) is 5.80. The van der Waals surface area contributed by atoms with E-state index >= 15 is 0 Å². The van der Waals surface area contributed by atoms with Gasteiger partial charge in [-0.05, 0) is 73.9 Å². The summed E-state index contributed by atoms with van der Waals surface area (Å²) in [6.07, 6.45) is 0. The second-order valence-electron chi connectivity index (χ2n) is 9.86. The average molecular weight is 475 g/mol. The molecule has 0 radical (unpaired) electrons. The summed E-state index contributed by atoms with van der Waals surface area (Å²) >= 11 is 0. The lowest BCUT2D eigenvalue weighted by Gasteiger charge is -2.25. The van der Waals surface area contributed by atoms with Crippen molar-refractivity contribution < 1.29 is 19.0 Å². The van der Waals surface area contributed by atoms with E-state index < -0.39 is 0 Å². The van der Waals surface area contributed by atoms with Crippen LogP contribution in [0.5, 0.6) is 17.2 Å². The van der Waals surface area contributed by atoms with Crippen LogP contribution in [0.3, 0.4) is 0 Å². The first-order valence-corrected chi connectivity index (χ1v) is 12.0.